The Hall–Kier alpha value is -1.30. The maximum absolute atomic E-state index is 11.7. The number of rotatable bonds is 5. The highest BCUT2D eigenvalue weighted by Gasteiger charge is 2.04. The van der Waals surface area contributed by atoms with E-state index in [-0.39, 0.29) is 30.7 Å². The second-order valence-electron chi connectivity index (χ2n) is 4.38. The number of hydrogen-bond acceptors (Lipinski definition) is 4. The van der Waals surface area contributed by atoms with Crippen LogP contribution in [-0.2, 0) is 17.6 Å². The minimum Gasteiger partial charge on any atom is -0.399 e. The molecule has 3 N–H and O–H groups in total. The summed E-state index contributed by atoms with van der Waals surface area (Å²) in [6.07, 6.45) is 1.16. The van der Waals surface area contributed by atoms with E-state index in [2.05, 4.69) is 10.3 Å². The van der Waals surface area contributed by atoms with E-state index < -0.39 is 0 Å². The topological polar surface area (TPSA) is 68.0 Å². The van der Waals surface area contributed by atoms with Crippen LogP contribution in [-0.4, -0.2) is 17.4 Å². The fourth-order valence-corrected chi connectivity index (χ4v) is 2.38. The van der Waals surface area contributed by atoms with Gasteiger partial charge < -0.3 is 11.1 Å². The van der Waals surface area contributed by atoms with E-state index in [4.69, 9.17) is 5.73 Å². The van der Waals surface area contributed by atoms with Gasteiger partial charge in [-0.25, -0.2) is 4.98 Å². The third kappa shape index (κ3) is 6.80. The molecule has 1 aromatic carbocycles. The van der Waals surface area contributed by atoms with Crippen molar-refractivity contribution in [2.75, 3.05) is 12.3 Å². The molecule has 0 saturated heterocycles. The van der Waals surface area contributed by atoms with Crippen LogP contribution in [0.2, 0.25) is 0 Å². The zero-order chi connectivity index (χ0) is 13.7. The van der Waals surface area contributed by atoms with E-state index in [9.17, 15) is 4.79 Å². The molecule has 0 aliphatic rings. The molecule has 2 aromatic rings. The van der Waals surface area contributed by atoms with Gasteiger partial charge in [-0.05, 0) is 24.6 Å². The summed E-state index contributed by atoms with van der Waals surface area (Å²) in [6.45, 7) is 2.60. The molecule has 1 amide bonds. The van der Waals surface area contributed by atoms with Gasteiger partial charge in [0, 0.05) is 24.0 Å². The number of benzene rings is 1. The molecule has 0 saturated carbocycles. The van der Waals surface area contributed by atoms with Gasteiger partial charge in [-0.2, -0.15) is 0 Å². The molecule has 21 heavy (non-hydrogen) atoms. The molecule has 0 spiro atoms. The summed E-state index contributed by atoms with van der Waals surface area (Å²) in [5.74, 6) is 0.0247. The Balaban J connectivity index is 0.00000200. The van der Waals surface area contributed by atoms with Crippen molar-refractivity contribution in [2.24, 2.45) is 0 Å². The molecule has 0 aliphatic carbocycles. The SMILES string of the molecule is Cc1nc(CCNC(=O)Cc2ccc(N)cc2)cs1.Cl.Cl. The minimum absolute atomic E-state index is 0. The van der Waals surface area contributed by atoms with Crippen molar-refractivity contribution in [3.63, 3.8) is 0 Å². The molecule has 0 bridgehead atoms. The van der Waals surface area contributed by atoms with Gasteiger partial charge in [0.15, 0.2) is 0 Å². The summed E-state index contributed by atoms with van der Waals surface area (Å²) in [5.41, 5.74) is 8.31. The number of amides is 1. The van der Waals surface area contributed by atoms with Crippen LogP contribution in [0.5, 0.6) is 0 Å². The molecule has 0 fully saturated rings. The van der Waals surface area contributed by atoms with Gasteiger partial charge in [-0.3, -0.25) is 4.79 Å². The number of aromatic nitrogens is 1. The maximum atomic E-state index is 11.7. The van der Waals surface area contributed by atoms with E-state index in [0.717, 1.165) is 22.7 Å². The monoisotopic (exact) mass is 347 g/mol. The molecule has 4 nitrogen and oxygen atoms in total. The lowest BCUT2D eigenvalue weighted by Gasteiger charge is -2.04. The number of nitrogens with zero attached hydrogens (tertiary/aromatic N) is 1. The Bertz CT molecular complexity index is 558. The average Bonchev–Trinajstić information content (AvgIpc) is 2.78. The van der Waals surface area contributed by atoms with Crippen LogP contribution >= 0.6 is 36.2 Å². The summed E-state index contributed by atoms with van der Waals surface area (Å²) in [4.78, 5) is 16.1. The van der Waals surface area contributed by atoms with Crippen molar-refractivity contribution < 1.29 is 4.79 Å². The average molecular weight is 348 g/mol. The molecule has 2 rings (SSSR count). The first-order valence-corrected chi connectivity index (χ1v) is 7.03. The second-order valence-corrected chi connectivity index (χ2v) is 5.44. The predicted octanol–water partition coefficient (Wildman–Crippen LogP) is 2.78. The van der Waals surface area contributed by atoms with Crippen molar-refractivity contribution in [3.8, 4) is 0 Å². The normalized spacial score (nSPS) is 9.38. The number of thiazole rings is 1. The van der Waals surface area contributed by atoms with Crippen molar-refractivity contribution in [1.29, 1.82) is 0 Å². The second kappa shape index (κ2) is 9.60. The van der Waals surface area contributed by atoms with Crippen molar-refractivity contribution in [1.82, 2.24) is 10.3 Å². The molecule has 1 heterocycles. The van der Waals surface area contributed by atoms with Crippen LogP contribution in [0.3, 0.4) is 0 Å². The zero-order valence-electron chi connectivity index (χ0n) is 11.7. The molecular weight excluding hydrogens is 329 g/mol. The lowest BCUT2D eigenvalue weighted by Crippen LogP contribution is -2.27. The number of nitrogens with one attached hydrogen (secondary N) is 1. The number of hydrogen-bond donors (Lipinski definition) is 2. The lowest BCUT2D eigenvalue weighted by molar-refractivity contribution is -0.120. The van der Waals surface area contributed by atoms with Crippen LogP contribution in [0.15, 0.2) is 29.6 Å². The Morgan fingerprint density at radius 1 is 1.29 bits per heavy atom. The number of aryl methyl sites for hydroxylation is 1. The maximum Gasteiger partial charge on any atom is 0.224 e. The molecule has 1 aromatic heterocycles. The third-order valence-electron chi connectivity index (χ3n) is 2.71. The fraction of sp³-hybridized carbons (Fsp3) is 0.286. The number of anilines is 1. The molecule has 116 valence electrons. The van der Waals surface area contributed by atoms with Gasteiger partial charge in [-0.1, -0.05) is 12.1 Å². The number of nitrogen functional groups attached to an aromatic ring is 1. The standard InChI is InChI=1S/C14H17N3OS.2ClH/c1-10-17-13(9-19-10)6-7-16-14(18)8-11-2-4-12(15)5-3-11;;/h2-5,9H,6-8,15H2,1H3,(H,16,18);2*1H. The van der Waals surface area contributed by atoms with Crippen LogP contribution in [0.1, 0.15) is 16.3 Å². The quantitative estimate of drug-likeness (QED) is 0.817. The smallest absolute Gasteiger partial charge is 0.224 e. The Morgan fingerprint density at radius 2 is 1.95 bits per heavy atom. The van der Waals surface area contributed by atoms with E-state index in [1.54, 1.807) is 23.5 Å². The van der Waals surface area contributed by atoms with E-state index >= 15 is 0 Å². The highest BCUT2D eigenvalue weighted by atomic mass is 35.5. The van der Waals surface area contributed by atoms with E-state index in [0.29, 0.717) is 18.7 Å². The fourth-order valence-electron chi connectivity index (χ4n) is 1.74. The van der Waals surface area contributed by atoms with Gasteiger partial charge in [-0.15, -0.1) is 36.2 Å². The number of carbonyl (C=O) groups is 1. The van der Waals surface area contributed by atoms with Gasteiger partial charge >= 0.3 is 0 Å². The molecule has 0 aliphatic heterocycles. The molecule has 0 atom stereocenters. The molecule has 7 heteroatoms. The first-order valence-electron chi connectivity index (χ1n) is 6.15. The zero-order valence-corrected chi connectivity index (χ0v) is 14.1. The van der Waals surface area contributed by atoms with E-state index in [1.807, 2.05) is 24.4 Å². The third-order valence-corrected chi connectivity index (χ3v) is 3.54. The molecule has 0 unspecified atom stereocenters. The highest BCUT2D eigenvalue weighted by Crippen LogP contribution is 2.08. The summed E-state index contributed by atoms with van der Waals surface area (Å²) in [7, 11) is 0. The first-order chi connectivity index (χ1) is 9.13. The number of carbonyl (C=O) groups excluding carboxylic acids is 1. The van der Waals surface area contributed by atoms with Crippen LogP contribution < -0.4 is 11.1 Å². The van der Waals surface area contributed by atoms with Crippen molar-refractivity contribution in [3.05, 3.63) is 45.9 Å². The first kappa shape index (κ1) is 19.7. The van der Waals surface area contributed by atoms with Gasteiger partial charge in [0.2, 0.25) is 5.91 Å². The minimum atomic E-state index is 0. The molecular formula is C14H19Cl2N3OS. The van der Waals surface area contributed by atoms with Gasteiger partial charge in [0.1, 0.15) is 0 Å². The van der Waals surface area contributed by atoms with E-state index in [1.165, 1.54) is 0 Å². The Labute approximate surface area is 141 Å². The summed E-state index contributed by atoms with van der Waals surface area (Å²) in [6, 6.07) is 7.36. The van der Waals surface area contributed by atoms with Crippen LogP contribution in [0, 0.1) is 6.92 Å². The highest BCUT2D eigenvalue weighted by molar-refractivity contribution is 7.09. The summed E-state index contributed by atoms with van der Waals surface area (Å²) < 4.78 is 0. The lowest BCUT2D eigenvalue weighted by atomic mass is 10.1. The van der Waals surface area contributed by atoms with Crippen molar-refractivity contribution in [2.45, 2.75) is 19.8 Å². The van der Waals surface area contributed by atoms with Crippen LogP contribution in [0.4, 0.5) is 5.69 Å². The van der Waals surface area contributed by atoms with Crippen molar-refractivity contribution >= 4 is 47.7 Å². The predicted molar refractivity (Wildman–Crippen MR) is 92.6 cm³/mol. The number of nitrogens with two attached hydrogens (primary N) is 1. The largest absolute Gasteiger partial charge is 0.399 e. The Kier molecular flexibility index (Phi) is 9.01. The molecule has 0 radical (unpaired) electrons. The Morgan fingerprint density at radius 3 is 2.52 bits per heavy atom. The van der Waals surface area contributed by atoms with Crippen LogP contribution in [0.25, 0.3) is 0 Å². The van der Waals surface area contributed by atoms with Gasteiger partial charge in [0.05, 0.1) is 17.1 Å². The van der Waals surface area contributed by atoms with Gasteiger partial charge in [0.25, 0.3) is 0 Å². The summed E-state index contributed by atoms with van der Waals surface area (Å²) >= 11 is 1.63. The summed E-state index contributed by atoms with van der Waals surface area (Å²) in [5, 5.41) is 5.99. The number of halogens is 2.